The summed E-state index contributed by atoms with van der Waals surface area (Å²) in [6, 6.07) is 8.33. The summed E-state index contributed by atoms with van der Waals surface area (Å²) < 4.78 is 11.4. The minimum absolute atomic E-state index is 0.531. The van der Waals surface area contributed by atoms with E-state index in [4.69, 9.17) is 29.3 Å². The summed E-state index contributed by atoms with van der Waals surface area (Å²) in [5.41, 5.74) is 1.31. The molecule has 8 heteroatoms. The monoisotopic (exact) mass is 396 g/mol. The summed E-state index contributed by atoms with van der Waals surface area (Å²) >= 11 is 0. The number of hydrogen-bond acceptors (Lipinski definition) is 6. The van der Waals surface area contributed by atoms with Gasteiger partial charge in [-0.1, -0.05) is 26.0 Å². The molecule has 0 aliphatic carbocycles. The number of aliphatic carboxylic acids is 2. The first-order valence-corrected chi connectivity index (χ1v) is 9.47. The number of ether oxygens (including phenoxy) is 2. The highest BCUT2D eigenvalue weighted by atomic mass is 16.5. The fourth-order valence-electron chi connectivity index (χ4n) is 2.55. The standard InChI is InChI=1S/C18H30N2O2.C2H2O4/c1-16(2)17-5-4-6-18(15-17)22-14-13-21-12-11-20-9-7-19(3)8-10-20;3-1(4)2(5)6/h4-6,15-16H,7-14H2,1-3H3;(H,3,4)(H,5,6). The lowest BCUT2D eigenvalue weighted by Gasteiger charge is -2.32. The fourth-order valence-corrected chi connectivity index (χ4v) is 2.55. The maximum atomic E-state index is 9.10. The lowest BCUT2D eigenvalue weighted by atomic mass is 10.0. The molecule has 0 unspecified atom stereocenters. The van der Waals surface area contributed by atoms with Crippen LogP contribution in [-0.2, 0) is 14.3 Å². The third kappa shape index (κ3) is 10.2. The van der Waals surface area contributed by atoms with Gasteiger partial charge in [0.05, 0.1) is 13.2 Å². The van der Waals surface area contributed by atoms with Crippen LogP contribution in [0.5, 0.6) is 5.75 Å². The Labute approximate surface area is 166 Å². The van der Waals surface area contributed by atoms with Gasteiger partial charge in [0.1, 0.15) is 12.4 Å². The Bertz CT molecular complexity index is 588. The Kier molecular flexibility index (Phi) is 11.2. The van der Waals surface area contributed by atoms with Crippen molar-refractivity contribution in [1.29, 1.82) is 0 Å². The van der Waals surface area contributed by atoms with Crippen LogP contribution in [0.25, 0.3) is 0 Å². The number of nitrogens with zero attached hydrogens (tertiary/aromatic N) is 2. The second-order valence-corrected chi connectivity index (χ2v) is 6.94. The molecular weight excluding hydrogens is 364 g/mol. The van der Waals surface area contributed by atoms with Gasteiger partial charge >= 0.3 is 11.9 Å². The molecule has 0 radical (unpaired) electrons. The van der Waals surface area contributed by atoms with Gasteiger partial charge in [-0.05, 0) is 30.7 Å². The van der Waals surface area contributed by atoms with Gasteiger partial charge in [0, 0.05) is 32.7 Å². The third-order valence-corrected chi connectivity index (χ3v) is 4.35. The Balaban J connectivity index is 0.000000568. The molecule has 1 aromatic rings. The van der Waals surface area contributed by atoms with Crippen LogP contribution in [0.2, 0.25) is 0 Å². The molecule has 2 N–H and O–H groups in total. The Morgan fingerprint density at radius 1 is 1.04 bits per heavy atom. The van der Waals surface area contributed by atoms with Crippen LogP contribution in [0.4, 0.5) is 0 Å². The largest absolute Gasteiger partial charge is 0.491 e. The van der Waals surface area contributed by atoms with Crippen LogP contribution < -0.4 is 4.74 Å². The van der Waals surface area contributed by atoms with Crippen molar-refractivity contribution in [2.24, 2.45) is 0 Å². The van der Waals surface area contributed by atoms with Crippen molar-refractivity contribution in [3.63, 3.8) is 0 Å². The van der Waals surface area contributed by atoms with Crippen LogP contribution >= 0.6 is 0 Å². The van der Waals surface area contributed by atoms with E-state index in [1.54, 1.807) is 0 Å². The van der Waals surface area contributed by atoms with E-state index >= 15 is 0 Å². The van der Waals surface area contributed by atoms with Gasteiger partial charge in [-0.2, -0.15) is 0 Å². The Hall–Kier alpha value is -2.16. The quantitative estimate of drug-likeness (QED) is 0.505. The molecule has 0 bridgehead atoms. The first-order chi connectivity index (χ1) is 13.3. The minimum Gasteiger partial charge on any atom is -0.491 e. The molecule has 1 saturated heterocycles. The Morgan fingerprint density at radius 3 is 2.25 bits per heavy atom. The highest BCUT2D eigenvalue weighted by molar-refractivity contribution is 6.27. The van der Waals surface area contributed by atoms with Crippen molar-refractivity contribution < 1.29 is 29.3 Å². The van der Waals surface area contributed by atoms with E-state index in [-0.39, 0.29) is 0 Å². The molecule has 1 heterocycles. The van der Waals surface area contributed by atoms with E-state index in [2.05, 4.69) is 48.9 Å². The average molecular weight is 396 g/mol. The number of carbonyl (C=O) groups is 2. The Morgan fingerprint density at radius 2 is 1.68 bits per heavy atom. The molecule has 158 valence electrons. The molecule has 1 aliphatic rings. The first kappa shape index (κ1) is 23.9. The first-order valence-electron chi connectivity index (χ1n) is 9.47. The van der Waals surface area contributed by atoms with Gasteiger partial charge in [-0.3, -0.25) is 4.90 Å². The molecule has 1 aliphatic heterocycles. The minimum atomic E-state index is -1.82. The van der Waals surface area contributed by atoms with Crippen molar-refractivity contribution in [3.8, 4) is 5.75 Å². The summed E-state index contributed by atoms with van der Waals surface area (Å²) in [4.78, 5) is 23.0. The molecule has 8 nitrogen and oxygen atoms in total. The average Bonchev–Trinajstić information content (AvgIpc) is 2.66. The molecule has 28 heavy (non-hydrogen) atoms. The highest BCUT2D eigenvalue weighted by Gasteiger charge is 2.12. The van der Waals surface area contributed by atoms with E-state index in [0.717, 1.165) is 45.1 Å². The lowest BCUT2D eigenvalue weighted by molar-refractivity contribution is -0.159. The van der Waals surface area contributed by atoms with Gasteiger partial charge in [-0.25, -0.2) is 9.59 Å². The van der Waals surface area contributed by atoms with E-state index < -0.39 is 11.9 Å². The molecular formula is C20H32N2O6. The van der Waals surface area contributed by atoms with Gasteiger partial charge in [0.2, 0.25) is 0 Å². The van der Waals surface area contributed by atoms with Crippen molar-refractivity contribution in [1.82, 2.24) is 9.80 Å². The van der Waals surface area contributed by atoms with Gasteiger partial charge in [0.15, 0.2) is 0 Å². The molecule has 0 spiro atoms. The zero-order chi connectivity index (χ0) is 20.9. The van der Waals surface area contributed by atoms with Crippen molar-refractivity contribution in [3.05, 3.63) is 29.8 Å². The summed E-state index contributed by atoms with van der Waals surface area (Å²) in [6.07, 6.45) is 0. The van der Waals surface area contributed by atoms with Crippen LogP contribution in [0, 0.1) is 0 Å². The number of carboxylic acid groups (broad SMARTS) is 2. The summed E-state index contributed by atoms with van der Waals surface area (Å²) in [5.74, 6) is -2.18. The number of hydrogen-bond donors (Lipinski definition) is 2. The predicted molar refractivity (Wildman–Crippen MR) is 106 cm³/mol. The topological polar surface area (TPSA) is 99.5 Å². The normalized spacial score (nSPS) is 15.0. The second-order valence-electron chi connectivity index (χ2n) is 6.94. The predicted octanol–water partition coefficient (Wildman–Crippen LogP) is 1.61. The van der Waals surface area contributed by atoms with E-state index in [1.807, 2.05) is 6.07 Å². The molecule has 0 atom stereocenters. The van der Waals surface area contributed by atoms with Gasteiger partial charge < -0.3 is 24.6 Å². The zero-order valence-corrected chi connectivity index (χ0v) is 17.0. The number of rotatable bonds is 8. The second kappa shape index (κ2) is 13.1. The van der Waals surface area contributed by atoms with Crippen LogP contribution in [0.3, 0.4) is 0 Å². The smallest absolute Gasteiger partial charge is 0.414 e. The van der Waals surface area contributed by atoms with Crippen molar-refractivity contribution >= 4 is 11.9 Å². The molecule has 1 fully saturated rings. The number of likely N-dealkylation sites (N-methyl/N-ethyl adjacent to an activating group) is 1. The third-order valence-electron chi connectivity index (χ3n) is 4.35. The molecule has 0 aromatic heterocycles. The summed E-state index contributed by atoms with van der Waals surface area (Å²) in [7, 11) is 2.18. The molecule has 1 aromatic carbocycles. The molecule has 2 rings (SSSR count). The zero-order valence-electron chi connectivity index (χ0n) is 17.0. The van der Waals surface area contributed by atoms with Gasteiger partial charge in [-0.15, -0.1) is 0 Å². The van der Waals surface area contributed by atoms with Crippen LogP contribution in [-0.4, -0.2) is 91.5 Å². The molecule has 0 saturated carbocycles. The number of benzene rings is 1. The van der Waals surface area contributed by atoms with Crippen LogP contribution in [0.1, 0.15) is 25.3 Å². The van der Waals surface area contributed by atoms with E-state index in [1.165, 1.54) is 5.56 Å². The SMILES string of the molecule is CC(C)c1cccc(OCCOCCN2CCN(C)CC2)c1.O=C(O)C(=O)O. The maximum Gasteiger partial charge on any atom is 0.414 e. The fraction of sp³-hybridized carbons (Fsp3) is 0.600. The lowest BCUT2D eigenvalue weighted by Crippen LogP contribution is -2.45. The maximum absolute atomic E-state index is 9.10. The van der Waals surface area contributed by atoms with E-state index in [9.17, 15) is 0 Å². The summed E-state index contributed by atoms with van der Waals surface area (Å²) in [5, 5.41) is 14.8. The van der Waals surface area contributed by atoms with E-state index in [0.29, 0.717) is 19.1 Å². The van der Waals surface area contributed by atoms with Crippen LogP contribution in [0.15, 0.2) is 24.3 Å². The van der Waals surface area contributed by atoms with Crippen molar-refractivity contribution in [2.45, 2.75) is 19.8 Å². The number of piperazine rings is 1. The summed E-state index contributed by atoms with van der Waals surface area (Å²) in [6.45, 7) is 12.1. The van der Waals surface area contributed by atoms with Gasteiger partial charge in [0.25, 0.3) is 0 Å². The highest BCUT2D eigenvalue weighted by Crippen LogP contribution is 2.19. The van der Waals surface area contributed by atoms with Crippen molar-refractivity contribution in [2.75, 3.05) is 59.6 Å². The number of carboxylic acids is 2. The molecule has 0 amide bonds.